The van der Waals surface area contributed by atoms with Gasteiger partial charge >= 0.3 is 0 Å². The minimum absolute atomic E-state index is 0.00990. The Morgan fingerprint density at radius 2 is 1.79 bits per heavy atom. The molecule has 0 fully saturated rings. The highest BCUT2D eigenvalue weighted by molar-refractivity contribution is 6.03. The van der Waals surface area contributed by atoms with Gasteiger partial charge in [0.25, 0.3) is 11.6 Å². The number of nitrogens with zero attached hydrogens (tertiary/aromatic N) is 2. The smallest absolute Gasteiger partial charge is 0.271 e. The SMILES string of the molecule is CC(NC(=O)c1ccc(C(C)(C)C)cc1)C(=O)N1CCc2ccc([N+](=O)[O-])cc21. The van der Waals surface area contributed by atoms with E-state index in [-0.39, 0.29) is 22.9 Å². The van der Waals surface area contributed by atoms with Crippen LogP contribution in [-0.2, 0) is 16.6 Å². The number of non-ortho nitro benzene ring substituents is 1. The van der Waals surface area contributed by atoms with E-state index in [0.29, 0.717) is 24.2 Å². The number of benzene rings is 2. The first-order valence-electron chi connectivity index (χ1n) is 9.58. The fourth-order valence-electron chi connectivity index (χ4n) is 3.41. The van der Waals surface area contributed by atoms with E-state index >= 15 is 0 Å². The van der Waals surface area contributed by atoms with Crippen LogP contribution in [0.1, 0.15) is 49.2 Å². The quantitative estimate of drug-likeness (QED) is 0.632. The molecule has 0 aliphatic carbocycles. The molecule has 7 nitrogen and oxygen atoms in total. The fourth-order valence-corrected chi connectivity index (χ4v) is 3.41. The second-order valence-corrected chi connectivity index (χ2v) is 8.33. The number of carbonyl (C=O) groups excluding carboxylic acids is 2. The molecule has 2 aromatic carbocycles. The van der Waals surface area contributed by atoms with Crippen LogP contribution in [0.3, 0.4) is 0 Å². The van der Waals surface area contributed by atoms with Crippen molar-refractivity contribution in [3.63, 3.8) is 0 Å². The third-order valence-corrected chi connectivity index (χ3v) is 5.17. The Balaban J connectivity index is 1.71. The number of nitrogens with one attached hydrogen (secondary N) is 1. The Hall–Kier alpha value is -3.22. The summed E-state index contributed by atoms with van der Waals surface area (Å²) in [6.45, 7) is 8.36. The lowest BCUT2D eigenvalue weighted by Gasteiger charge is -2.22. The molecule has 2 aromatic rings. The summed E-state index contributed by atoms with van der Waals surface area (Å²) in [6, 6.07) is 11.1. The maximum Gasteiger partial charge on any atom is 0.271 e. The Labute approximate surface area is 169 Å². The highest BCUT2D eigenvalue weighted by Crippen LogP contribution is 2.32. The van der Waals surface area contributed by atoms with E-state index in [9.17, 15) is 19.7 Å². The number of nitro benzene ring substituents is 1. The lowest BCUT2D eigenvalue weighted by atomic mass is 9.86. The van der Waals surface area contributed by atoms with E-state index in [1.807, 2.05) is 12.1 Å². The number of hydrogen-bond acceptors (Lipinski definition) is 4. The molecule has 0 spiro atoms. The van der Waals surface area contributed by atoms with Crippen molar-refractivity contribution in [2.75, 3.05) is 11.4 Å². The molecule has 1 unspecified atom stereocenters. The van der Waals surface area contributed by atoms with Crippen LogP contribution in [0.4, 0.5) is 11.4 Å². The van der Waals surface area contributed by atoms with E-state index in [0.717, 1.165) is 11.1 Å². The predicted molar refractivity (Wildman–Crippen MR) is 111 cm³/mol. The number of carbonyl (C=O) groups is 2. The van der Waals surface area contributed by atoms with Crippen LogP contribution in [0.15, 0.2) is 42.5 Å². The Morgan fingerprint density at radius 3 is 2.38 bits per heavy atom. The van der Waals surface area contributed by atoms with E-state index in [2.05, 4.69) is 26.1 Å². The zero-order valence-corrected chi connectivity index (χ0v) is 17.1. The summed E-state index contributed by atoms with van der Waals surface area (Å²) in [5.41, 5.74) is 2.96. The van der Waals surface area contributed by atoms with Gasteiger partial charge < -0.3 is 10.2 Å². The van der Waals surface area contributed by atoms with Gasteiger partial charge in [-0.2, -0.15) is 0 Å². The summed E-state index contributed by atoms with van der Waals surface area (Å²) >= 11 is 0. The summed E-state index contributed by atoms with van der Waals surface area (Å²) in [7, 11) is 0. The minimum Gasteiger partial charge on any atom is -0.341 e. The van der Waals surface area contributed by atoms with Crippen molar-refractivity contribution in [2.24, 2.45) is 0 Å². The van der Waals surface area contributed by atoms with Crippen molar-refractivity contribution in [3.8, 4) is 0 Å². The zero-order chi connectivity index (χ0) is 21.3. The molecule has 1 aliphatic rings. The monoisotopic (exact) mass is 395 g/mol. The van der Waals surface area contributed by atoms with Crippen LogP contribution in [0.2, 0.25) is 0 Å². The molecule has 152 valence electrons. The number of anilines is 1. The second kappa shape index (κ2) is 7.66. The van der Waals surface area contributed by atoms with Crippen LogP contribution in [0.5, 0.6) is 0 Å². The summed E-state index contributed by atoms with van der Waals surface area (Å²) in [5.74, 6) is -0.617. The Bertz CT molecular complexity index is 961. The highest BCUT2D eigenvalue weighted by atomic mass is 16.6. The molecule has 0 aromatic heterocycles. The van der Waals surface area contributed by atoms with Gasteiger partial charge in [-0.25, -0.2) is 0 Å². The number of hydrogen-bond donors (Lipinski definition) is 1. The molecule has 0 bridgehead atoms. The van der Waals surface area contributed by atoms with E-state index in [1.165, 1.54) is 17.0 Å². The second-order valence-electron chi connectivity index (χ2n) is 8.33. The van der Waals surface area contributed by atoms with Gasteiger partial charge in [0.2, 0.25) is 5.91 Å². The molecule has 1 N–H and O–H groups in total. The van der Waals surface area contributed by atoms with Gasteiger partial charge in [-0.05, 0) is 42.0 Å². The van der Waals surface area contributed by atoms with Crippen LogP contribution in [0.25, 0.3) is 0 Å². The number of amides is 2. The summed E-state index contributed by atoms with van der Waals surface area (Å²) in [6.07, 6.45) is 0.633. The molecule has 29 heavy (non-hydrogen) atoms. The van der Waals surface area contributed by atoms with E-state index < -0.39 is 11.0 Å². The summed E-state index contributed by atoms with van der Waals surface area (Å²) in [5, 5.41) is 13.8. The predicted octanol–water partition coefficient (Wildman–Crippen LogP) is 3.60. The molecule has 7 heteroatoms. The third-order valence-electron chi connectivity index (χ3n) is 5.17. The van der Waals surface area contributed by atoms with Crippen LogP contribution in [0, 0.1) is 10.1 Å². The van der Waals surface area contributed by atoms with Crippen LogP contribution in [-0.4, -0.2) is 29.3 Å². The third kappa shape index (κ3) is 4.29. The molecule has 0 saturated heterocycles. The standard InChI is InChI=1S/C22H25N3O4/c1-14(23-20(26)16-5-8-17(9-6-16)22(2,3)4)21(27)24-12-11-15-7-10-18(25(28)29)13-19(15)24/h5-10,13-14H,11-12H2,1-4H3,(H,23,26). The van der Waals surface area contributed by atoms with Crippen molar-refractivity contribution < 1.29 is 14.5 Å². The molecule has 0 radical (unpaired) electrons. The molecular weight excluding hydrogens is 370 g/mol. The normalized spacial score (nSPS) is 14.3. The molecule has 0 saturated carbocycles. The maximum absolute atomic E-state index is 12.9. The molecule has 1 atom stereocenters. The minimum atomic E-state index is -0.755. The van der Waals surface area contributed by atoms with E-state index in [1.54, 1.807) is 25.1 Å². The largest absolute Gasteiger partial charge is 0.341 e. The summed E-state index contributed by atoms with van der Waals surface area (Å²) in [4.78, 5) is 37.5. The van der Waals surface area contributed by atoms with Gasteiger partial charge in [0, 0.05) is 24.2 Å². The van der Waals surface area contributed by atoms with Gasteiger partial charge in [-0.15, -0.1) is 0 Å². The highest BCUT2D eigenvalue weighted by Gasteiger charge is 2.30. The summed E-state index contributed by atoms with van der Waals surface area (Å²) < 4.78 is 0. The molecule has 1 heterocycles. The van der Waals surface area contributed by atoms with Crippen molar-refractivity contribution in [3.05, 3.63) is 69.3 Å². The zero-order valence-electron chi connectivity index (χ0n) is 17.1. The van der Waals surface area contributed by atoms with Gasteiger partial charge in [0.15, 0.2) is 0 Å². The maximum atomic E-state index is 12.9. The Morgan fingerprint density at radius 1 is 1.14 bits per heavy atom. The number of fused-ring (bicyclic) bond motifs is 1. The first-order chi connectivity index (χ1) is 13.6. The van der Waals surface area contributed by atoms with Gasteiger partial charge in [0.1, 0.15) is 6.04 Å². The lowest BCUT2D eigenvalue weighted by molar-refractivity contribution is -0.384. The van der Waals surface area contributed by atoms with E-state index in [4.69, 9.17) is 0 Å². The topological polar surface area (TPSA) is 92.6 Å². The van der Waals surface area contributed by atoms with Gasteiger partial charge in [-0.1, -0.05) is 39.0 Å². The van der Waals surface area contributed by atoms with Gasteiger partial charge in [-0.3, -0.25) is 19.7 Å². The first-order valence-corrected chi connectivity index (χ1v) is 9.58. The first kappa shape index (κ1) is 20.5. The molecular formula is C22H25N3O4. The lowest BCUT2D eigenvalue weighted by Crippen LogP contribution is -2.46. The molecule has 1 aliphatic heterocycles. The average Bonchev–Trinajstić information content (AvgIpc) is 3.09. The number of rotatable bonds is 4. The fraction of sp³-hybridized carbons (Fsp3) is 0.364. The Kier molecular flexibility index (Phi) is 5.42. The average molecular weight is 395 g/mol. The molecule has 2 amide bonds. The number of nitro groups is 1. The van der Waals surface area contributed by atoms with Crippen molar-refractivity contribution >= 4 is 23.2 Å². The van der Waals surface area contributed by atoms with Crippen LogP contribution >= 0.6 is 0 Å². The van der Waals surface area contributed by atoms with Gasteiger partial charge in [0.05, 0.1) is 10.6 Å². The van der Waals surface area contributed by atoms with Crippen molar-refractivity contribution in [2.45, 2.75) is 45.6 Å². The van der Waals surface area contributed by atoms with Crippen LogP contribution < -0.4 is 10.2 Å². The molecule has 3 rings (SSSR count). The van der Waals surface area contributed by atoms with Crippen molar-refractivity contribution in [1.29, 1.82) is 0 Å². The van der Waals surface area contributed by atoms with Crippen molar-refractivity contribution in [1.82, 2.24) is 5.32 Å².